The molecule has 0 spiro atoms. The lowest BCUT2D eigenvalue weighted by Crippen LogP contribution is -2.75. The summed E-state index contributed by atoms with van der Waals surface area (Å²) in [6.45, 7) is 3.40. The Bertz CT molecular complexity index is 458. The van der Waals surface area contributed by atoms with Crippen molar-refractivity contribution >= 4 is 23.4 Å². The van der Waals surface area contributed by atoms with Crippen LogP contribution in [0.4, 0.5) is 0 Å². The molecule has 0 aromatic carbocycles. The maximum Gasteiger partial charge on any atom is 0.303 e. The molecule has 9 heteroatoms. The molecular formula is C12H19NO8. The number of carbonyl (C=O) groups excluding carboxylic acids is 4. The lowest BCUT2D eigenvalue weighted by atomic mass is 9.71. The fraction of sp³-hybridized carbons (Fsp3) is 0.667. The molecule has 21 heavy (non-hydrogen) atoms. The van der Waals surface area contributed by atoms with E-state index in [1.807, 2.05) is 0 Å². The van der Waals surface area contributed by atoms with E-state index < -0.39 is 46.9 Å². The fourth-order valence-corrected chi connectivity index (χ4v) is 2.00. The number of esters is 1. The Morgan fingerprint density at radius 1 is 1.05 bits per heavy atom. The molecular weight excluding hydrogens is 286 g/mol. The van der Waals surface area contributed by atoms with Gasteiger partial charge in [0.05, 0.1) is 6.10 Å². The minimum Gasteiger partial charge on any atom is -0.456 e. The lowest BCUT2D eigenvalue weighted by Gasteiger charge is -2.42. The largest absolute Gasteiger partial charge is 0.456 e. The predicted octanol–water partition coefficient (Wildman–Crippen LogP) is -2.58. The van der Waals surface area contributed by atoms with Gasteiger partial charge in [0, 0.05) is 6.92 Å². The summed E-state index contributed by atoms with van der Waals surface area (Å²) in [6.07, 6.45) is -3.76. The number of carbonyl (C=O) groups is 4. The molecule has 0 aliphatic carbocycles. The molecule has 1 amide bonds. The Morgan fingerprint density at radius 2 is 1.48 bits per heavy atom. The molecule has 120 valence electrons. The standard InChI is InChI=1S/C12H19NO8/c1-5(14)9(21-8(4)17)11(19,6(2)15)12(20,7(3)16)10(13)18/h5,9,14,19-20H,1-4H3,(H2,13,18). The summed E-state index contributed by atoms with van der Waals surface area (Å²) < 4.78 is 4.60. The highest BCUT2D eigenvalue weighted by molar-refractivity contribution is 6.14. The van der Waals surface area contributed by atoms with E-state index in [0.29, 0.717) is 6.92 Å². The molecule has 0 rings (SSSR count). The topological polar surface area (TPSA) is 164 Å². The number of hydrogen-bond acceptors (Lipinski definition) is 8. The Balaban J connectivity index is 6.37. The Morgan fingerprint density at radius 3 is 1.67 bits per heavy atom. The molecule has 0 bridgehead atoms. The molecule has 4 unspecified atom stereocenters. The van der Waals surface area contributed by atoms with E-state index in [1.54, 1.807) is 0 Å². The van der Waals surface area contributed by atoms with Gasteiger partial charge in [-0.15, -0.1) is 0 Å². The first kappa shape index (κ1) is 19.2. The van der Waals surface area contributed by atoms with Crippen molar-refractivity contribution in [2.24, 2.45) is 5.73 Å². The number of ether oxygens (including phenoxy) is 1. The Hall–Kier alpha value is -1.84. The minimum atomic E-state index is -3.37. The summed E-state index contributed by atoms with van der Waals surface area (Å²) in [5.41, 5.74) is -1.68. The van der Waals surface area contributed by atoms with Crippen molar-refractivity contribution in [3.8, 4) is 0 Å². The third kappa shape index (κ3) is 3.09. The van der Waals surface area contributed by atoms with Gasteiger partial charge >= 0.3 is 5.97 Å². The van der Waals surface area contributed by atoms with Gasteiger partial charge in [-0.05, 0) is 20.8 Å². The van der Waals surface area contributed by atoms with Crippen LogP contribution in [0.2, 0.25) is 0 Å². The normalized spacial score (nSPS) is 19.6. The molecule has 4 atom stereocenters. The van der Waals surface area contributed by atoms with E-state index in [2.05, 4.69) is 4.74 Å². The van der Waals surface area contributed by atoms with Crippen molar-refractivity contribution in [1.82, 2.24) is 0 Å². The smallest absolute Gasteiger partial charge is 0.303 e. The first-order valence-electron chi connectivity index (χ1n) is 5.95. The van der Waals surface area contributed by atoms with Crippen LogP contribution < -0.4 is 5.73 Å². The van der Waals surface area contributed by atoms with Crippen LogP contribution in [0.5, 0.6) is 0 Å². The predicted molar refractivity (Wildman–Crippen MR) is 67.7 cm³/mol. The molecule has 0 saturated carbocycles. The highest BCUT2D eigenvalue weighted by Crippen LogP contribution is 2.32. The van der Waals surface area contributed by atoms with E-state index >= 15 is 0 Å². The van der Waals surface area contributed by atoms with Crippen LogP contribution in [0.3, 0.4) is 0 Å². The van der Waals surface area contributed by atoms with E-state index in [1.165, 1.54) is 0 Å². The number of Topliss-reactive ketones (excluding diaryl/α,β-unsaturated/α-hetero) is 2. The second kappa shape index (κ2) is 6.29. The number of amides is 1. The molecule has 0 saturated heterocycles. The molecule has 0 aliphatic heterocycles. The highest BCUT2D eigenvalue weighted by Gasteiger charge is 2.66. The zero-order valence-electron chi connectivity index (χ0n) is 12.1. The van der Waals surface area contributed by atoms with Crippen molar-refractivity contribution in [3.05, 3.63) is 0 Å². The molecule has 9 nitrogen and oxygen atoms in total. The van der Waals surface area contributed by atoms with Gasteiger partial charge in [-0.1, -0.05) is 0 Å². The van der Waals surface area contributed by atoms with Gasteiger partial charge in [0.2, 0.25) is 11.2 Å². The van der Waals surface area contributed by atoms with Gasteiger partial charge in [-0.3, -0.25) is 19.2 Å². The van der Waals surface area contributed by atoms with E-state index in [9.17, 15) is 34.5 Å². The van der Waals surface area contributed by atoms with Crippen LogP contribution >= 0.6 is 0 Å². The number of nitrogens with two attached hydrogens (primary N) is 1. The minimum absolute atomic E-state index is 0.714. The van der Waals surface area contributed by atoms with Gasteiger partial charge in [0.15, 0.2) is 17.7 Å². The molecule has 0 radical (unpaired) electrons. The van der Waals surface area contributed by atoms with E-state index in [4.69, 9.17) is 5.73 Å². The highest BCUT2D eigenvalue weighted by atomic mass is 16.6. The van der Waals surface area contributed by atoms with Crippen molar-refractivity contribution in [1.29, 1.82) is 0 Å². The third-order valence-corrected chi connectivity index (χ3v) is 3.10. The van der Waals surface area contributed by atoms with E-state index in [0.717, 1.165) is 20.8 Å². The van der Waals surface area contributed by atoms with Crippen LogP contribution in [0.1, 0.15) is 27.7 Å². The summed E-state index contributed by atoms with van der Waals surface area (Å²) in [4.78, 5) is 45.9. The zero-order chi connectivity index (χ0) is 17.2. The third-order valence-electron chi connectivity index (χ3n) is 3.10. The average Bonchev–Trinajstić information content (AvgIpc) is 2.32. The molecule has 0 aromatic heterocycles. The van der Waals surface area contributed by atoms with E-state index in [-0.39, 0.29) is 0 Å². The maximum absolute atomic E-state index is 11.8. The summed E-state index contributed by atoms with van der Waals surface area (Å²) in [5, 5.41) is 30.3. The zero-order valence-corrected chi connectivity index (χ0v) is 12.1. The van der Waals surface area contributed by atoms with Crippen molar-refractivity contribution < 1.29 is 39.2 Å². The first-order chi connectivity index (χ1) is 9.33. The molecule has 0 aliphatic rings. The number of ketones is 2. The number of primary amides is 1. The Labute approximate surface area is 120 Å². The van der Waals surface area contributed by atoms with Crippen LogP contribution in [0.25, 0.3) is 0 Å². The van der Waals surface area contributed by atoms with Crippen LogP contribution in [-0.2, 0) is 23.9 Å². The molecule has 0 aromatic rings. The quantitative estimate of drug-likeness (QED) is 0.294. The number of hydrogen-bond donors (Lipinski definition) is 4. The van der Waals surface area contributed by atoms with Crippen molar-refractivity contribution in [2.45, 2.75) is 51.1 Å². The van der Waals surface area contributed by atoms with Crippen molar-refractivity contribution in [2.75, 3.05) is 0 Å². The summed E-state index contributed by atoms with van der Waals surface area (Å²) in [7, 11) is 0. The second-order valence-corrected chi connectivity index (χ2v) is 4.72. The van der Waals surface area contributed by atoms with Gasteiger partial charge in [0.25, 0.3) is 5.91 Å². The molecule has 0 fully saturated rings. The fourth-order valence-electron chi connectivity index (χ4n) is 2.00. The van der Waals surface area contributed by atoms with Gasteiger partial charge in [0.1, 0.15) is 0 Å². The molecule has 5 N–H and O–H groups in total. The maximum atomic E-state index is 11.8. The summed E-state index contributed by atoms with van der Waals surface area (Å²) >= 11 is 0. The Kier molecular flexibility index (Phi) is 5.74. The summed E-state index contributed by atoms with van der Waals surface area (Å²) in [6, 6.07) is 0. The lowest BCUT2D eigenvalue weighted by molar-refractivity contribution is -0.221. The van der Waals surface area contributed by atoms with Gasteiger partial charge in [-0.2, -0.15) is 0 Å². The summed E-state index contributed by atoms with van der Waals surface area (Å²) in [5.74, 6) is -5.36. The SMILES string of the molecule is CC(=O)OC(C(C)O)C(O)(C(C)=O)C(O)(C(C)=O)C(N)=O. The average molecular weight is 305 g/mol. The number of aliphatic hydroxyl groups is 3. The monoisotopic (exact) mass is 305 g/mol. The van der Waals surface area contributed by atoms with Crippen LogP contribution in [0, 0.1) is 0 Å². The molecule has 0 heterocycles. The first-order valence-corrected chi connectivity index (χ1v) is 5.95. The van der Waals surface area contributed by atoms with Crippen LogP contribution in [0.15, 0.2) is 0 Å². The second-order valence-electron chi connectivity index (χ2n) is 4.72. The van der Waals surface area contributed by atoms with Gasteiger partial charge in [-0.25, -0.2) is 0 Å². The van der Waals surface area contributed by atoms with Gasteiger partial charge < -0.3 is 25.8 Å². The number of aliphatic hydroxyl groups excluding tert-OH is 1. The van der Waals surface area contributed by atoms with Crippen molar-refractivity contribution in [3.63, 3.8) is 0 Å². The number of rotatable bonds is 7. The van der Waals surface area contributed by atoms with Crippen LogP contribution in [-0.4, -0.2) is 62.2 Å².